The van der Waals surface area contributed by atoms with Crippen LogP contribution in [0.3, 0.4) is 0 Å². The zero-order valence-electron chi connectivity index (χ0n) is 9.06. The third-order valence-corrected chi connectivity index (χ3v) is 4.08. The molecular formula is C9H15NO5S. The van der Waals surface area contributed by atoms with E-state index in [-0.39, 0.29) is 18.1 Å². The van der Waals surface area contributed by atoms with Gasteiger partial charge in [-0.25, -0.2) is 13.2 Å². The first-order valence-corrected chi connectivity index (χ1v) is 6.95. The molecule has 0 spiro atoms. The van der Waals surface area contributed by atoms with Crippen LogP contribution in [0.5, 0.6) is 0 Å². The Morgan fingerprint density at radius 3 is 2.69 bits per heavy atom. The van der Waals surface area contributed by atoms with E-state index in [1.807, 2.05) is 0 Å². The summed E-state index contributed by atoms with van der Waals surface area (Å²) < 4.78 is 27.0. The average molecular weight is 249 g/mol. The normalized spacial score (nSPS) is 23.4. The fourth-order valence-electron chi connectivity index (χ4n) is 1.58. The van der Waals surface area contributed by atoms with Gasteiger partial charge in [0.25, 0.3) is 0 Å². The quantitative estimate of drug-likeness (QED) is 0.513. The lowest BCUT2D eigenvalue weighted by atomic mass is 10.2. The summed E-state index contributed by atoms with van der Waals surface area (Å²) >= 11 is 0. The second-order valence-corrected chi connectivity index (χ2v) is 5.88. The number of nitrogens with one attached hydrogen (secondary N) is 1. The molecule has 0 bridgehead atoms. The second-order valence-electron chi connectivity index (χ2n) is 3.65. The summed E-state index contributed by atoms with van der Waals surface area (Å²) in [4.78, 5) is 22.2. The molecule has 6 nitrogen and oxygen atoms in total. The van der Waals surface area contributed by atoms with Gasteiger partial charge in [-0.15, -0.1) is 0 Å². The van der Waals surface area contributed by atoms with Crippen molar-refractivity contribution in [2.24, 2.45) is 0 Å². The van der Waals surface area contributed by atoms with Crippen molar-refractivity contribution in [2.45, 2.75) is 25.8 Å². The summed E-state index contributed by atoms with van der Waals surface area (Å²) in [7, 11) is -3.08. The minimum atomic E-state index is -3.08. The molecule has 1 N–H and O–H groups in total. The predicted octanol–water partition coefficient (Wildman–Crippen LogP) is -0.757. The highest BCUT2D eigenvalue weighted by Crippen LogP contribution is 2.11. The molecular weight excluding hydrogens is 234 g/mol. The maximum absolute atomic E-state index is 11.3. The molecule has 0 aliphatic carbocycles. The molecule has 16 heavy (non-hydrogen) atoms. The van der Waals surface area contributed by atoms with E-state index in [0.29, 0.717) is 12.8 Å². The third-order valence-electron chi connectivity index (χ3n) is 2.26. The first-order valence-electron chi connectivity index (χ1n) is 5.12. The number of carbonyl (C=O) groups excluding carboxylic acids is 2. The van der Waals surface area contributed by atoms with Gasteiger partial charge < -0.3 is 10.1 Å². The number of carbonyl (C=O) groups is 2. The topological polar surface area (TPSA) is 89.5 Å². The number of ether oxygens (including phenoxy) is 1. The molecule has 0 aromatic rings. The van der Waals surface area contributed by atoms with Crippen molar-refractivity contribution in [1.82, 2.24) is 5.32 Å². The van der Waals surface area contributed by atoms with Crippen LogP contribution in [-0.4, -0.2) is 44.4 Å². The molecule has 7 heteroatoms. The van der Waals surface area contributed by atoms with Gasteiger partial charge in [-0.3, -0.25) is 4.79 Å². The van der Waals surface area contributed by atoms with Crippen LogP contribution in [0.2, 0.25) is 0 Å². The van der Waals surface area contributed by atoms with Crippen LogP contribution < -0.4 is 5.32 Å². The second kappa shape index (κ2) is 5.29. The minimum absolute atomic E-state index is 0.0991. The molecule has 1 unspecified atom stereocenters. The number of hydrogen-bond acceptors (Lipinski definition) is 5. The Bertz CT molecular complexity index is 375. The molecule has 1 fully saturated rings. The Kier molecular flexibility index (Phi) is 4.28. The van der Waals surface area contributed by atoms with Crippen LogP contribution in [0.25, 0.3) is 0 Å². The maximum Gasteiger partial charge on any atom is 0.396 e. The Morgan fingerprint density at radius 1 is 1.44 bits per heavy atom. The number of rotatable bonds is 2. The number of esters is 1. The Labute approximate surface area is 94.3 Å². The Hall–Kier alpha value is -1.11. The fourth-order valence-corrected chi connectivity index (χ4v) is 3.21. The predicted molar refractivity (Wildman–Crippen MR) is 56.5 cm³/mol. The number of amides is 1. The van der Waals surface area contributed by atoms with E-state index < -0.39 is 27.8 Å². The van der Waals surface area contributed by atoms with Gasteiger partial charge in [-0.05, 0) is 19.8 Å². The Morgan fingerprint density at radius 2 is 2.12 bits per heavy atom. The van der Waals surface area contributed by atoms with E-state index in [1.54, 1.807) is 6.92 Å². The highest BCUT2D eigenvalue weighted by molar-refractivity contribution is 7.91. The molecule has 1 heterocycles. The summed E-state index contributed by atoms with van der Waals surface area (Å²) in [5.41, 5.74) is 0. The molecule has 1 rings (SSSR count). The van der Waals surface area contributed by atoms with Gasteiger partial charge in [0, 0.05) is 6.04 Å². The van der Waals surface area contributed by atoms with Crippen molar-refractivity contribution >= 4 is 21.7 Å². The first kappa shape index (κ1) is 13.0. The van der Waals surface area contributed by atoms with Crippen molar-refractivity contribution in [3.63, 3.8) is 0 Å². The average Bonchev–Trinajstić information content (AvgIpc) is 2.16. The van der Waals surface area contributed by atoms with Crippen molar-refractivity contribution in [2.75, 3.05) is 18.1 Å². The minimum Gasteiger partial charge on any atom is -0.459 e. The van der Waals surface area contributed by atoms with Crippen molar-refractivity contribution in [3.8, 4) is 0 Å². The van der Waals surface area contributed by atoms with Gasteiger partial charge in [0.05, 0.1) is 18.1 Å². The van der Waals surface area contributed by atoms with Crippen LogP contribution in [0.15, 0.2) is 0 Å². The highest BCUT2D eigenvalue weighted by atomic mass is 32.2. The van der Waals surface area contributed by atoms with Crippen LogP contribution in [-0.2, 0) is 24.2 Å². The van der Waals surface area contributed by atoms with Gasteiger partial charge >= 0.3 is 11.9 Å². The van der Waals surface area contributed by atoms with Crippen molar-refractivity contribution in [1.29, 1.82) is 0 Å². The largest absolute Gasteiger partial charge is 0.459 e. The molecule has 0 aromatic heterocycles. The van der Waals surface area contributed by atoms with Crippen molar-refractivity contribution in [3.05, 3.63) is 0 Å². The molecule has 1 saturated heterocycles. The van der Waals surface area contributed by atoms with E-state index >= 15 is 0 Å². The molecule has 1 atom stereocenters. The van der Waals surface area contributed by atoms with Gasteiger partial charge in [0.2, 0.25) is 0 Å². The fraction of sp³-hybridized carbons (Fsp3) is 0.778. The van der Waals surface area contributed by atoms with Crippen LogP contribution in [0, 0.1) is 0 Å². The smallest absolute Gasteiger partial charge is 0.396 e. The standard InChI is InChI=1S/C9H15NO5S/c1-2-15-9(12)8(11)10-7-4-3-5-16(13,14)6-7/h7H,2-6H2,1H3,(H,10,11). The monoisotopic (exact) mass is 249 g/mol. The van der Waals surface area contributed by atoms with E-state index in [2.05, 4.69) is 10.1 Å². The summed E-state index contributed by atoms with van der Waals surface area (Å²) in [5.74, 6) is -1.79. The van der Waals surface area contributed by atoms with Gasteiger partial charge in [-0.2, -0.15) is 0 Å². The number of hydrogen-bond donors (Lipinski definition) is 1. The first-order chi connectivity index (χ1) is 7.44. The van der Waals surface area contributed by atoms with E-state index in [4.69, 9.17) is 0 Å². The summed E-state index contributed by atoms with van der Waals surface area (Å²) in [5, 5.41) is 2.37. The molecule has 1 amide bonds. The maximum atomic E-state index is 11.3. The Balaban J connectivity index is 2.48. The molecule has 0 aromatic carbocycles. The third kappa shape index (κ3) is 3.80. The van der Waals surface area contributed by atoms with Crippen LogP contribution >= 0.6 is 0 Å². The lowest BCUT2D eigenvalue weighted by Crippen LogP contribution is -2.46. The van der Waals surface area contributed by atoms with Gasteiger partial charge in [0.1, 0.15) is 0 Å². The lowest BCUT2D eigenvalue weighted by Gasteiger charge is -2.22. The molecule has 0 radical (unpaired) electrons. The zero-order valence-corrected chi connectivity index (χ0v) is 9.88. The molecule has 92 valence electrons. The lowest BCUT2D eigenvalue weighted by molar-refractivity contribution is -0.154. The zero-order chi connectivity index (χ0) is 12.2. The van der Waals surface area contributed by atoms with Gasteiger partial charge in [0.15, 0.2) is 9.84 Å². The van der Waals surface area contributed by atoms with Gasteiger partial charge in [-0.1, -0.05) is 0 Å². The number of sulfone groups is 1. The molecule has 0 saturated carbocycles. The van der Waals surface area contributed by atoms with E-state index in [9.17, 15) is 18.0 Å². The summed E-state index contributed by atoms with van der Waals surface area (Å²) in [6, 6.07) is -0.476. The summed E-state index contributed by atoms with van der Waals surface area (Å²) in [6.45, 7) is 1.71. The highest BCUT2D eigenvalue weighted by Gasteiger charge is 2.27. The van der Waals surface area contributed by atoms with E-state index in [0.717, 1.165) is 0 Å². The van der Waals surface area contributed by atoms with Crippen LogP contribution in [0.4, 0.5) is 0 Å². The van der Waals surface area contributed by atoms with E-state index in [1.165, 1.54) is 0 Å². The SMILES string of the molecule is CCOC(=O)C(=O)NC1CCCS(=O)(=O)C1. The molecule has 1 aliphatic rings. The van der Waals surface area contributed by atoms with Crippen molar-refractivity contribution < 1.29 is 22.7 Å². The summed E-state index contributed by atoms with van der Waals surface area (Å²) in [6.07, 6.45) is 1.08. The molecule has 1 aliphatic heterocycles. The van der Waals surface area contributed by atoms with Crippen LogP contribution in [0.1, 0.15) is 19.8 Å².